The van der Waals surface area contributed by atoms with E-state index in [4.69, 9.17) is 30.5 Å². The minimum absolute atomic E-state index is 0.447. The predicted octanol–water partition coefficient (Wildman–Crippen LogP) is 5.31. The lowest BCUT2D eigenvalue weighted by molar-refractivity contribution is 0.171. The van der Waals surface area contributed by atoms with Crippen LogP contribution in [0, 0.1) is 0 Å². The molecule has 0 aliphatic carbocycles. The molecule has 1 aliphatic rings. The molecular weight excluding hydrogens is 390 g/mol. The fourth-order valence-electron chi connectivity index (χ4n) is 3.07. The maximum atomic E-state index is 6.50. The van der Waals surface area contributed by atoms with Gasteiger partial charge in [-0.1, -0.05) is 41.9 Å². The van der Waals surface area contributed by atoms with Gasteiger partial charge < -0.3 is 24.3 Å². The van der Waals surface area contributed by atoms with Gasteiger partial charge in [0.2, 0.25) is 0 Å². The van der Waals surface area contributed by atoms with Gasteiger partial charge in [-0.05, 0) is 29.3 Å². The van der Waals surface area contributed by atoms with Crippen molar-refractivity contribution in [2.24, 2.45) is 0 Å². The zero-order valence-corrected chi connectivity index (χ0v) is 16.9. The van der Waals surface area contributed by atoms with Crippen LogP contribution in [0.2, 0.25) is 5.02 Å². The summed E-state index contributed by atoms with van der Waals surface area (Å²) in [5.74, 6) is 2.77. The summed E-state index contributed by atoms with van der Waals surface area (Å²) in [6.45, 7) is 2.12. The fourth-order valence-corrected chi connectivity index (χ4v) is 3.29. The second-order valence-corrected chi connectivity index (χ2v) is 6.99. The van der Waals surface area contributed by atoms with Crippen LogP contribution >= 0.6 is 11.6 Å². The van der Waals surface area contributed by atoms with Crippen LogP contribution in [0.1, 0.15) is 11.1 Å². The van der Waals surface area contributed by atoms with E-state index in [9.17, 15) is 0 Å². The van der Waals surface area contributed by atoms with Gasteiger partial charge in [-0.15, -0.1) is 0 Å². The lowest BCUT2D eigenvalue weighted by Crippen LogP contribution is -2.15. The molecule has 6 heteroatoms. The van der Waals surface area contributed by atoms with Gasteiger partial charge in [-0.25, -0.2) is 0 Å². The third kappa shape index (κ3) is 4.69. The maximum Gasteiger partial charge on any atom is 0.163 e. The first-order valence-electron chi connectivity index (χ1n) is 9.39. The molecule has 1 heterocycles. The van der Waals surface area contributed by atoms with Gasteiger partial charge in [-0.2, -0.15) is 0 Å². The highest BCUT2D eigenvalue weighted by molar-refractivity contribution is 6.31. The molecule has 0 amide bonds. The minimum Gasteiger partial charge on any atom is -0.493 e. The normalized spacial score (nSPS) is 12.3. The Balaban J connectivity index is 1.45. The molecule has 4 rings (SSSR count). The van der Waals surface area contributed by atoms with Crippen LogP contribution in [0.4, 0.5) is 5.69 Å². The Morgan fingerprint density at radius 2 is 1.72 bits per heavy atom. The number of anilines is 1. The molecule has 3 aromatic carbocycles. The van der Waals surface area contributed by atoms with Crippen LogP contribution in [0.3, 0.4) is 0 Å². The van der Waals surface area contributed by atoms with E-state index in [1.807, 2.05) is 54.6 Å². The number of hydrogen-bond acceptors (Lipinski definition) is 5. The van der Waals surface area contributed by atoms with E-state index in [0.29, 0.717) is 42.9 Å². The van der Waals surface area contributed by atoms with Crippen molar-refractivity contribution in [3.63, 3.8) is 0 Å². The van der Waals surface area contributed by atoms with Crippen LogP contribution in [-0.4, -0.2) is 20.3 Å². The van der Waals surface area contributed by atoms with E-state index in [2.05, 4.69) is 5.32 Å². The molecule has 3 aromatic rings. The fraction of sp³-hybridized carbons (Fsp3) is 0.217. The van der Waals surface area contributed by atoms with E-state index < -0.39 is 0 Å². The van der Waals surface area contributed by atoms with Gasteiger partial charge >= 0.3 is 0 Å². The number of fused-ring (bicyclic) bond motifs is 1. The summed E-state index contributed by atoms with van der Waals surface area (Å²) in [5, 5.41) is 3.97. The van der Waals surface area contributed by atoms with Crippen molar-refractivity contribution < 1.29 is 18.9 Å². The first kappa shape index (κ1) is 19.3. The van der Waals surface area contributed by atoms with E-state index in [0.717, 1.165) is 28.3 Å². The van der Waals surface area contributed by atoms with Crippen LogP contribution < -0.4 is 24.3 Å². The molecule has 0 aromatic heterocycles. The second kappa shape index (κ2) is 8.97. The van der Waals surface area contributed by atoms with Gasteiger partial charge in [0, 0.05) is 29.4 Å². The summed E-state index contributed by atoms with van der Waals surface area (Å²) >= 11 is 6.50. The Kier molecular flexibility index (Phi) is 5.96. The predicted molar refractivity (Wildman–Crippen MR) is 114 cm³/mol. The summed E-state index contributed by atoms with van der Waals surface area (Å²) in [6.07, 6.45) is 0. The highest BCUT2D eigenvalue weighted by Gasteiger charge is 2.13. The van der Waals surface area contributed by atoms with Gasteiger partial charge in [0.1, 0.15) is 19.8 Å². The average molecular weight is 412 g/mol. The maximum absolute atomic E-state index is 6.50. The van der Waals surface area contributed by atoms with Crippen molar-refractivity contribution in [1.29, 1.82) is 0 Å². The monoisotopic (exact) mass is 411 g/mol. The molecule has 0 saturated heterocycles. The van der Waals surface area contributed by atoms with Crippen molar-refractivity contribution in [2.75, 3.05) is 25.6 Å². The zero-order chi connectivity index (χ0) is 20.1. The van der Waals surface area contributed by atoms with Crippen LogP contribution in [0.15, 0.2) is 60.7 Å². The smallest absolute Gasteiger partial charge is 0.163 e. The molecule has 5 nitrogen and oxygen atoms in total. The van der Waals surface area contributed by atoms with Gasteiger partial charge in [0.15, 0.2) is 23.0 Å². The molecule has 0 bridgehead atoms. The van der Waals surface area contributed by atoms with Crippen molar-refractivity contribution in [2.45, 2.75) is 13.2 Å². The van der Waals surface area contributed by atoms with E-state index >= 15 is 0 Å². The third-order valence-electron chi connectivity index (χ3n) is 4.59. The summed E-state index contributed by atoms with van der Waals surface area (Å²) in [6, 6.07) is 19.4. The number of methoxy groups -OCH3 is 1. The highest BCUT2D eigenvalue weighted by atomic mass is 35.5. The molecule has 0 spiro atoms. The van der Waals surface area contributed by atoms with Crippen LogP contribution in [0.25, 0.3) is 0 Å². The van der Waals surface area contributed by atoms with Crippen molar-refractivity contribution >= 4 is 17.3 Å². The number of rotatable bonds is 7. The second-order valence-electron chi connectivity index (χ2n) is 6.58. The summed E-state index contributed by atoms with van der Waals surface area (Å²) < 4.78 is 22.6. The molecule has 29 heavy (non-hydrogen) atoms. The number of nitrogens with one attached hydrogen (secondary N) is 1. The average Bonchev–Trinajstić information content (AvgIpc) is 2.77. The lowest BCUT2D eigenvalue weighted by atomic mass is 10.2. The molecule has 0 radical (unpaired) electrons. The number of hydrogen-bond donors (Lipinski definition) is 1. The number of ether oxygens (including phenoxy) is 4. The van der Waals surface area contributed by atoms with Crippen molar-refractivity contribution in [3.8, 4) is 23.0 Å². The highest BCUT2D eigenvalue weighted by Crippen LogP contribution is 2.35. The summed E-state index contributed by atoms with van der Waals surface area (Å²) in [5.41, 5.74) is 2.91. The van der Waals surface area contributed by atoms with Crippen LogP contribution in [0.5, 0.6) is 23.0 Å². The molecular formula is C23H22ClNO4. The molecule has 0 fully saturated rings. The van der Waals surface area contributed by atoms with Crippen molar-refractivity contribution in [3.05, 3.63) is 76.8 Å². The Labute approximate surface area is 175 Å². The van der Waals surface area contributed by atoms with E-state index in [-0.39, 0.29) is 0 Å². The third-order valence-corrected chi connectivity index (χ3v) is 4.95. The Morgan fingerprint density at radius 3 is 2.52 bits per heavy atom. The minimum atomic E-state index is 0.447. The van der Waals surface area contributed by atoms with E-state index in [1.165, 1.54) is 0 Å². The molecule has 150 valence electrons. The molecule has 1 aliphatic heterocycles. The van der Waals surface area contributed by atoms with Crippen molar-refractivity contribution in [1.82, 2.24) is 0 Å². The zero-order valence-electron chi connectivity index (χ0n) is 16.1. The molecule has 0 saturated carbocycles. The topological polar surface area (TPSA) is 49.0 Å². The van der Waals surface area contributed by atoms with E-state index in [1.54, 1.807) is 13.2 Å². The Bertz CT molecular complexity index is 978. The first-order valence-corrected chi connectivity index (χ1v) is 9.77. The lowest BCUT2D eigenvalue weighted by Gasteiger charge is -2.19. The first-order chi connectivity index (χ1) is 14.2. The Hall–Kier alpha value is -3.05. The summed E-state index contributed by atoms with van der Waals surface area (Å²) in [4.78, 5) is 0. The standard InChI is InChI=1S/C23H22ClNO4/c1-26-21-11-17(14-25-18-7-8-20-22(12-18)28-10-9-27-20)19(24)13-23(21)29-15-16-5-3-2-4-6-16/h2-8,11-13,25H,9-10,14-15H2,1H3. The Morgan fingerprint density at radius 1 is 0.931 bits per heavy atom. The summed E-state index contributed by atoms with van der Waals surface area (Å²) in [7, 11) is 1.62. The largest absolute Gasteiger partial charge is 0.493 e. The van der Waals surface area contributed by atoms with Crippen LogP contribution in [-0.2, 0) is 13.2 Å². The molecule has 1 N–H and O–H groups in total. The molecule has 0 unspecified atom stereocenters. The number of halogens is 1. The SMILES string of the molecule is COc1cc(CNc2ccc3c(c2)OCCO3)c(Cl)cc1OCc1ccccc1. The number of benzene rings is 3. The van der Waals surface area contributed by atoms with Gasteiger partial charge in [0.05, 0.1) is 7.11 Å². The van der Waals surface area contributed by atoms with Gasteiger partial charge in [0.25, 0.3) is 0 Å². The quantitative estimate of drug-likeness (QED) is 0.570. The molecule has 0 atom stereocenters. The van der Waals surface area contributed by atoms with Gasteiger partial charge in [-0.3, -0.25) is 0 Å².